The van der Waals surface area contributed by atoms with Gasteiger partial charge in [0.05, 0.1) is 10.8 Å². The number of benzene rings is 1. The van der Waals surface area contributed by atoms with Crippen LogP contribution in [0.5, 0.6) is 5.75 Å². The number of rotatable bonds is 5. The average Bonchev–Trinajstić information content (AvgIpc) is 2.92. The van der Waals surface area contributed by atoms with Gasteiger partial charge in [-0.3, -0.25) is 4.79 Å². The Morgan fingerprint density at radius 1 is 1.21 bits per heavy atom. The molecule has 6 heteroatoms. The smallest absolute Gasteiger partial charge is 0.265 e. The summed E-state index contributed by atoms with van der Waals surface area (Å²) in [5, 5.41) is 14.8. The second-order valence-corrected chi connectivity index (χ2v) is 4.56. The Morgan fingerprint density at radius 2 is 1.95 bits per heavy atom. The molecular weight excluding hydrogens is 266 g/mol. The summed E-state index contributed by atoms with van der Waals surface area (Å²) in [7, 11) is 0. The molecule has 0 radical (unpaired) electrons. The molecule has 0 fully saturated rings. The van der Waals surface area contributed by atoms with Crippen LogP contribution in [0.1, 0.15) is 9.67 Å². The molecule has 98 valence electrons. The number of carboxylic acid groups (broad SMARTS) is 1. The van der Waals surface area contributed by atoms with Crippen LogP contribution in [-0.2, 0) is 4.79 Å². The number of hydrogen-bond acceptors (Lipinski definition) is 5. The fraction of sp³-hybridized carbons (Fsp3) is 0.0769. The molecule has 1 amide bonds. The number of hydrogen-bond donors (Lipinski definition) is 1. The molecule has 1 aromatic heterocycles. The first-order valence-corrected chi connectivity index (χ1v) is 6.30. The zero-order valence-corrected chi connectivity index (χ0v) is 10.6. The Morgan fingerprint density at radius 3 is 2.53 bits per heavy atom. The number of carbonyl (C=O) groups is 2. The topological polar surface area (TPSA) is 78.5 Å². The summed E-state index contributed by atoms with van der Waals surface area (Å²) < 4.78 is 4.93. The van der Waals surface area contributed by atoms with E-state index in [4.69, 9.17) is 4.74 Å². The third kappa shape index (κ3) is 3.82. The first-order valence-electron chi connectivity index (χ1n) is 5.43. The molecule has 1 N–H and O–H groups in total. The van der Waals surface area contributed by atoms with Crippen molar-refractivity contribution in [1.29, 1.82) is 0 Å². The monoisotopic (exact) mass is 276 g/mol. The minimum Gasteiger partial charge on any atom is -0.546 e. The lowest BCUT2D eigenvalue weighted by molar-refractivity contribution is -0.307. The molecule has 2 aromatic rings. The lowest BCUT2D eigenvalue weighted by atomic mass is 10.3. The third-order valence-electron chi connectivity index (χ3n) is 2.21. The number of carboxylic acids is 1. The van der Waals surface area contributed by atoms with Crippen molar-refractivity contribution in [3.8, 4) is 5.75 Å². The molecule has 1 heterocycles. The number of ether oxygens (including phenoxy) is 1. The van der Waals surface area contributed by atoms with Gasteiger partial charge in [0.2, 0.25) is 0 Å². The van der Waals surface area contributed by atoms with E-state index in [0.29, 0.717) is 16.3 Å². The Balaban J connectivity index is 1.95. The maximum atomic E-state index is 11.8. The number of amides is 1. The van der Waals surface area contributed by atoms with Crippen molar-refractivity contribution >= 4 is 28.9 Å². The van der Waals surface area contributed by atoms with Crippen LogP contribution in [0.3, 0.4) is 0 Å². The van der Waals surface area contributed by atoms with E-state index in [9.17, 15) is 14.7 Å². The molecule has 0 unspecified atom stereocenters. The molecule has 2 rings (SSSR count). The first-order chi connectivity index (χ1) is 9.15. The molecule has 0 saturated carbocycles. The van der Waals surface area contributed by atoms with Gasteiger partial charge in [0.15, 0.2) is 0 Å². The van der Waals surface area contributed by atoms with Gasteiger partial charge >= 0.3 is 0 Å². The van der Waals surface area contributed by atoms with Crippen LogP contribution in [-0.4, -0.2) is 18.5 Å². The largest absolute Gasteiger partial charge is 0.546 e. The highest BCUT2D eigenvalue weighted by atomic mass is 32.1. The molecule has 0 atom stereocenters. The number of carbonyl (C=O) groups excluding carboxylic acids is 2. The summed E-state index contributed by atoms with van der Waals surface area (Å²) in [4.78, 5) is 22.6. The van der Waals surface area contributed by atoms with Gasteiger partial charge in [-0.2, -0.15) is 0 Å². The Kier molecular flexibility index (Phi) is 4.15. The molecule has 0 aliphatic carbocycles. The minimum absolute atomic E-state index is 0.182. The van der Waals surface area contributed by atoms with Crippen molar-refractivity contribution < 1.29 is 19.4 Å². The lowest BCUT2D eigenvalue weighted by Gasteiger charge is -2.08. The van der Waals surface area contributed by atoms with Crippen molar-refractivity contribution in [1.82, 2.24) is 0 Å². The van der Waals surface area contributed by atoms with Crippen molar-refractivity contribution in [3.63, 3.8) is 0 Å². The molecule has 0 saturated heterocycles. The van der Waals surface area contributed by atoms with E-state index >= 15 is 0 Å². The molecular formula is C13H10NO4S-. The van der Waals surface area contributed by atoms with Gasteiger partial charge in [-0.15, -0.1) is 11.3 Å². The standard InChI is InChI=1S/C13H11NO4S/c15-12(16)8-18-10-5-3-9(4-6-10)14-13(17)11-2-1-7-19-11/h1-7H,8H2,(H,14,17)(H,15,16)/p-1. The lowest BCUT2D eigenvalue weighted by Crippen LogP contribution is -2.28. The minimum atomic E-state index is -1.28. The van der Waals surface area contributed by atoms with E-state index in [-0.39, 0.29) is 5.91 Å². The highest BCUT2D eigenvalue weighted by Crippen LogP contribution is 2.17. The van der Waals surface area contributed by atoms with Crippen LogP contribution < -0.4 is 15.2 Å². The highest BCUT2D eigenvalue weighted by Gasteiger charge is 2.06. The number of nitrogens with one attached hydrogen (secondary N) is 1. The number of aliphatic carboxylic acids is 1. The van der Waals surface area contributed by atoms with Crippen LogP contribution in [0.15, 0.2) is 41.8 Å². The van der Waals surface area contributed by atoms with Crippen molar-refractivity contribution in [2.24, 2.45) is 0 Å². The van der Waals surface area contributed by atoms with Gasteiger partial charge in [0.1, 0.15) is 12.4 Å². The van der Waals surface area contributed by atoms with E-state index in [0.717, 1.165) is 0 Å². The molecule has 5 nitrogen and oxygen atoms in total. The van der Waals surface area contributed by atoms with Gasteiger partial charge in [-0.05, 0) is 35.7 Å². The summed E-state index contributed by atoms with van der Waals surface area (Å²) in [5.74, 6) is -1.06. The highest BCUT2D eigenvalue weighted by molar-refractivity contribution is 7.12. The summed E-state index contributed by atoms with van der Waals surface area (Å²) >= 11 is 1.36. The quantitative estimate of drug-likeness (QED) is 0.888. The van der Waals surface area contributed by atoms with Crippen molar-refractivity contribution in [2.75, 3.05) is 11.9 Å². The van der Waals surface area contributed by atoms with Crippen LogP contribution >= 0.6 is 11.3 Å². The number of thiophene rings is 1. The summed E-state index contributed by atoms with van der Waals surface area (Å²) in [6.07, 6.45) is 0. The maximum absolute atomic E-state index is 11.8. The summed E-state index contributed by atoms with van der Waals surface area (Å²) in [6, 6.07) is 9.96. The van der Waals surface area contributed by atoms with E-state index in [2.05, 4.69) is 5.32 Å². The molecule has 0 bridgehead atoms. The SMILES string of the molecule is O=C([O-])COc1ccc(NC(=O)c2cccs2)cc1. The van der Waals surface area contributed by atoms with Crippen LogP contribution in [0, 0.1) is 0 Å². The fourth-order valence-corrected chi connectivity index (χ4v) is 2.00. The molecule has 0 aliphatic heterocycles. The van der Waals surface area contributed by atoms with Crippen LogP contribution in [0.2, 0.25) is 0 Å². The summed E-state index contributed by atoms with van der Waals surface area (Å²) in [6.45, 7) is -0.499. The normalized spacial score (nSPS) is 9.89. The molecule has 19 heavy (non-hydrogen) atoms. The predicted molar refractivity (Wildman–Crippen MR) is 69.2 cm³/mol. The molecule has 1 aromatic carbocycles. The summed E-state index contributed by atoms with van der Waals surface area (Å²) in [5.41, 5.74) is 0.610. The van der Waals surface area contributed by atoms with Crippen LogP contribution in [0.25, 0.3) is 0 Å². The zero-order valence-electron chi connectivity index (χ0n) is 9.79. The van der Waals surface area contributed by atoms with Gasteiger partial charge in [0.25, 0.3) is 5.91 Å². The predicted octanol–water partition coefficient (Wildman–Crippen LogP) is 1.13. The number of anilines is 1. The molecule has 0 spiro atoms. The second-order valence-electron chi connectivity index (χ2n) is 3.62. The van der Waals surface area contributed by atoms with Gasteiger partial charge in [-0.1, -0.05) is 6.07 Å². The van der Waals surface area contributed by atoms with Crippen molar-refractivity contribution in [3.05, 3.63) is 46.7 Å². The Hall–Kier alpha value is -2.34. The van der Waals surface area contributed by atoms with Crippen LogP contribution in [0.4, 0.5) is 5.69 Å². The van der Waals surface area contributed by atoms with E-state index < -0.39 is 12.6 Å². The van der Waals surface area contributed by atoms with E-state index in [1.165, 1.54) is 11.3 Å². The van der Waals surface area contributed by atoms with Gasteiger partial charge in [-0.25, -0.2) is 0 Å². The average molecular weight is 276 g/mol. The Labute approximate surface area is 113 Å². The Bertz CT molecular complexity index is 563. The zero-order chi connectivity index (χ0) is 13.7. The van der Waals surface area contributed by atoms with Crippen molar-refractivity contribution in [2.45, 2.75) is 0 Å². The van der Waals surface area contributed by atoms with E-state index in [1.807, 2.05) is 5.38 Å². The first kappa shape index (κ1) is 13.1. The third-order valence-corrected chi connectivity index (χ3v) is 3.08. The second kappa shape index (κ2) is 6.01. The van der Waals surface area contributed by atoms with E-state index in [1.54, 1.807) is 36.4 Å². The fourth-order valence-electron chi connectivity index (χ4n) is 1.38. The molecule has 0 aliphatic rings. The van der Waals surface area contributed by atoms with Gasteiger partial charge < -0.3 is 20.0 Å². The van der Waals surface area contributed by atoms with Gasteiger partial charge in [0, 0.05) is 5.69 Å². The maximum Gasteiger partial charge on any atom is 0.265 e.